The summed E-state index contributed by atoms with van der Waals surface area (Å²) in [5.74, 6) is -0.566. The van der Waals surface area contributed by atoms with Gasteiger partial charge in [-0.15, -0.1) is 11.8 Å². The molecule has 0 aliphatic heterocycles. The molecule has 1 aliphatic rings. The fraction of sp³-hybridized carbons (Fsp3) is 0.450. The number of aldehydes is 1. The summed E-state index contributed by atoms with van der Waals surface area (Å²) < 4.78 is 38.1. The summed E-state index contributed by atoms with van der Waals surface area (Å²) in [5.41, 5.74) is 4.31. The van der Waals surface area contributed by atoms with Crippen molar-refractivity contribution in [1.82, 2.24) is 10.6 Å². The molecule has 0 spiro atoms. The van der Waals surface area contributed by atoms with Gasteiger partial charge in [-0.1, -0.05) is 132 Å². The number of hydrogen-bond donors (Lipinski definition) is 2. The van der Waals surface area contributed by atoms with E-state index in [0.29, 0.717) is 6.42 Å². The van der Waals surface area contributed by atoms with E-state index in [1.165, 1.54) is 25.7 Å². The van der Waals surface area contributed by atoms with Crippen molar-refractivity contribution in [3.63, 3.8) is 0 Å². The molecule has 4 rings (SSSR count). The molecule has 4 nitrogen and oxygen atoms in total. The van der Waals surface area contributed by atoms with E-state index in [1.54, 1.807) is 11.8 Å². The van der Waals surface area contributed by atoms with Crippen molar-refractivity contribution in [3.05, 3.63) is 101 Å². The molecule has 3 aromatic rings. The van der Waals surface area contributed by atoms with Gasteiger partial charge in [-0.25, -0.2) is 0 Å². The van der Waals surface area contributed by atoms with Gasteiger partial charge >= 0.3 is 6.18 Å². The van der Waals surface area contributed by atoms with Crippen LogP contribution in [-0.2, 0) is 15.0 Å². The molecule has 2 N–H and O–H groups in total. The smallest absolute Gasteiger partial charge is 0.346 e. The number of alkyl halides is 3. The number of halogens is 3. The molecule has 0 radical (unpaired) electrons. The van der Waals surface area contributed by atoms with Crippen LogP contribution in [0.2, 0.25) is 0 Å². The summed E-state index contributed by atoms with van der Waals surface area (Å²) in [6.45, 7) is 7.06. The first-order valence-corrected chi connectivity index (χ1v) is 18.2. The molecular weight excluding hydrogens is 630 g/mol. The van der Waals surface area contributed by atoms with Crippen LogP contribution in [-0.4, -0.2) is 44.3 Å². The van der Waals surface area contributed by atoms with E-state index in [1.807, 2.05) is 92.0 Å². The summed E-state index contributed by atoms with van der Waals surface area (Å²) in [4.78, 5) is 24.8. The van der Waals surface area contributed by atoms with E-state index in [0.717, 1.165) is 69.9 Å². The van der Waals surface area contributed by atoms with E-state index in [4.69, 9.17) is 0 Å². The minimum absolute atomic E-state index is 0.499. The summed E-state index contributed by atoms with van der Waals surface area (Å²) in [6.07, 6.45) is 6.87. The molecule has 0 unspecified atom stereocenters. The first-order chi connectivity index (χ1) is 23.0. The number of amides is 1. The molecule has 1 aliphatic carbocycles. The van der Waals surface area contributed by atoms with E-state index in [9.17, 15) is 22.8 Å². The van der Waals surface area contributed by atoms with E-state index in [2.05, 4.69) is 38.5 Å². The first-order valence-electron chi connectivity index (χ1n) is 17.0. The van der Waals surface area contributed by atoms with Gasteiger partial charge in [0.1, 0.15) is 18.2 Å². The molecule has 0 saturated carbocycles. The topological polar surface area (TPSA) is 58.2 Å². The van der Waals surface area contributed by atoms with Crippen LogP contribution in [0.1, 0.15) is 95.8 Å². The Hall–Kier alpha value is -3.36. The number of hydrogen-bond acceptors (Lipinski definition) is 4. The summed E-state index contributed by atoms with van der Waals surface area (Å²) in [5, 5.41) is 5.45. The molecule has 48 heavy (non-hydrogen) atoms. The van der Waals surface area contributed by atoms with Crippen molar-refractivity contribution in [2.75, 3.05) is 19.8 Å². The van der Waals surface area contributed by atoms with Gasteiger partial charge in [-0.2, -0.15) is 13.2 Å². The van der Waals surface area contributed by atoms with Gasteiger partial charge in [0.15, 0.2) is 0 Å². The fourth-order valence-corrected chi connectivity index (χ4v) is 6.95. The lowest BCUT2D eigenvalue weighted by molar-refractivity contribution is -0.141. The van der Waals surface area contributed by atoms with Crippen LogP contribution in [0.5, 0.6) is 0 Å². The Morgan fingerprint density at radius 2 is 1.35 bits per heavy atom. The SMILES string of the molecule is CCCC(CCC)NC.CCCCCC1(C(=O)NCC(F)(F)F)c2ccccc2-c2ccccc21.CS/C(=C(\C)C=O)c1ccccc1. The van der Waals surface area contributed by atoms with Crippen LogP contribution in [0.4, 0.5) is 13.2 Å². The second-order valence-corrected chi connectivity index (χ2v) is 12.8. The van der Waals surface area contributed by atoms with Gasteiger partial charge in [0, 0.05) is 16.5 Å². The van der Waals surface area contributed by atoms with Gasteiger partial charge in [0.2, 0.25) is 5.91 Å². The Bertz CT molecular complexity index is 1390. The highest BCUT2D eigenvalue weighted by atomic mass is 32.2. The predicted molar refractivity (Wildman–Crippen MR) is 197 cm³/mol. The fourth-order valence-electron chi connectivity index (χ4n) is 6.20. The number of nitrogens with one attached hydrogen (secondary N) is 2. The highest BCUT2D eigenvalue weighted by Gasteiger charge is 2.49. The third-order valence-electron chi connectivity index (χ3n) is 8.51. The van der Waals surface area contributed by atoms with E-state index >= 15 is 0 Å². The van der Waals surface area contributed by atoms with Crippen LogP contribution in [0.25, 0.3) is 16.0 Å². The maximum absolute atomic E-state index is 13.1. The summed E-state index contributed by atoms with van der Waals surface area (Å²) >= 11 is 1.60. The number of unbranched alkanes of at least 4 members (excludes halogenated alkanes) is 2. The van der Waals surface area contributed by atoms with Gasteiger partial charge in [0.05, 0.1) is 0 Å². The minimum Gasteiger partial charge on any atom is -0.346 e. The predicted octanol–water partition coefficient (Wildman–Crippen LogP) is 10.4. The maximum atomic E-state index is 13.1. The van der Waals surface area contributed by atoms with Crippen molar-refractivity contribution < 1.29 is 22.8 Å². The van der Waals surface area contributed by atoms with Gasteiger partial charge < -0.3 is 10.6 Å². The molecule has 1 amide bonds. The second-order valence-electron chi connectivity index (χ2n) is 12.0. The van der Waals surface area contributed by atoms with Crippen LogP contribution >= 0.6 is 11.8 Å². The number of fused-ring (bicyclic) bond motifs is 3. The van der Waals surface area contributed by atoms with Crippen molar-refractivity contribution in [1.29, 1.82) is 0 Å². The molecule has 8 heteroatoms. The highest BCUT2D eigenvalue weighted by Crippen LogP contribution is 2.51. The van der Waals surface area contributed by atoms with Crippen molar-refractivity contribution in [2.45, 2.75) is 96.7 Å². The normalized spacial score (nSPS) is 13.2. The number of allylic oxidation sites excluding steroid dienone is 1. The maximum Gasteiger partial charge on any atom is 0.405 e. The minimum atomic E-state index is -4.43. The Balaban J connectivity index is 0.000000302. The molecule has 0 fully saturated rings. The number of carbonyl (C=O) groups excluding carboxylic acids is 2. The Kier molecular flexibility index (Phi) is 17.8. The zero-order valence-electron chi connectivity index (χ0n) is 29.4. The molecule has 0 aromatic heterocycles. The molecule has 262 valence electrons. The highest BCUT2D eigenvalue weighted by molar-refractivity contribution is 8.07. The van der Waals surface area contributed by atoms with Crippen molar-refractivity contribution in [3.8, 4) is 11.1 Å². The van der Waals surface area contributed by atoms with Gasteiger partial charge in [-0.05, 0) is 67.3 Å². The average molecular weight is 683 g/mol. The third kappa shape index (κ3) is 11.4. The lowest BCUT2D eigenvalue weighted by atomic mass is 9.73. The summed E-state index contributed by atoms with van der Waals surface area (Å²) in [7, 11) is 2.05. The third-order valence-corrected chi connectivity index (χ3v) is 9.48. The largest absolute Gasteiger partial charge is 0.405 e. The monoisotopic (exact) mass is 682 g/mol. The van der Waals surface area contributed by atoms with Crippen molar-refractivity contribution >= 4 is 28.9 Å². The molecule has 0 bridgehead atoms. The van der Waals surface area contributed by atoms with Gasteiger partial charge in [-0.3, -0.25) is 9.59 Å². The lowest BCUT2D eigenvalue weighted by Crippen LogP contribution is -2.47. The summed E-state index contributed by atoms with van der Waals surface area (Å²) in [6, 6.07) is 25.8. The molecule has 0 heterocycles. The van der Waals surface area contributed by atoms with E-state index < -0.39 is 24.0 Å². The number of benzene rings is 3. The van der Waals surface area contributed by atoms with Crippen LogP contribution in [0, 0.1) is 0 Å². The molecule has 0 saturated heterocycles. The number of thioether (sulfide) groups is 1. The Labute approximate surface area is 290 Å². The first kappa shape index (κ1) is 40.8. The number of rotatable bonds is 14. The van der Waals surface area contributed by atoms with E-state index in [-0.39, 0.29) is 0 Å². The van der Waals surface area contributed by atoms with Crippen LogP contribution < -0.4 is 10.6 Å². The zero-order valence-corrected chi connectivity index (χ0v) is 30.2. The van der Waals surface area contributed by atoms with Crippen LogP contribution in [0.15, 0.2) is 84.4 Å². The average Bonchev–Trinajstić information content (AvgIpc) is 3.38. The Morgan fingerprint density at radius 1 is 0.833 bits per heavy atom. The van der Waals surface area contributed by atoms with Crippen LogP contribution in [0.3, 0.4) is 0 Å². The Morgan fingerprint density at radius 3 is 1.79 bits per heavy atom. The standard InChI is InChI=1S/C21H22F3NO.C11H12OS.C8H19N/c1-2-3-8-13-20(19(26)25-14-21(22,23)24)17-11-6-4-9-15(17)16-10-5-7-12-18(16)20;1-9(8-12)11(13-2)10-6-4-3-5-7-10;1-4-6-8(9-3)7-5-2/h4-7,9-12H,2-3,8,13-14H2,1H3,(H,25,26);3-8H,1-2H3;8-9H,4-7H2,1-3H3/b;11-9+;. The van der Waals surface area contributed by atoms with Crippen molar-refractivity contribution in [2.24, 2.45) is 0 Å². The quantitative estimate of drug-likeness (QED) is 0.101. The zero-order chi connectivity index (χ0) is 35.6. The lowest BCUT2D eigenvalue weighted by Gasteiger charge is -2.31. The molecular formula is C40H53F3N2O2S. The number of carbonyl (C=O) groups is 2. The van der Waals surface area contributed by atoms with Gasteiger partial charge in [0.25, 0.3) is 0 Å². The molecule has 3 aromatic carbocycles. The molecule has 0 atom stereocenters. The second kappa shape index (κ2) is 20.9.